The summed E-state index contributed by atoms with van der Waals surface area (Å²) in [5.41, 5.74) is 1.68. The molecule has 0 fully saturated rings. The Hall–Kier alpha value is -2.14. The summed E-state index contributed by atoms with van der Waals surface area (Å²) < 4.78 is 4.61. The number of esters is 1. The Bertz CT molecular complexity index is 640. The first kappa shape index (κ1) is 13.3. The Kier molecular flexibility index (Phi) is 4.30. The fourth-order valence-electron chi connectivity index (χ4n) is 1.58. The van der Waals surface area contributed by atoms with Crippen molar-refractivity contribution in [3.05, 3.63) is 56.1 Å². The van der Waals surface area contributed by atoms with Gasteiger partial charge in [-0.2, -0.15) is 0 Å². The molecule has 0 amide bonds. The zero-order valence-electron chi connectivity index (χ0n) is 10.4. The number of methoxy groups -OCH3 is 1. The second kappa shape index (κ2) is 6.15. The first-order chi connectivity index (χ1) is 9.19. The summed E-state index contributed by atoms with van der Waals surface area (Å²) >= 11 is 1.03. The lowest BCUT2D eigenvalue weighted by atomic mass is 10.2. The fraction of sp³-hybridized carbons (Fsp3) is 0.143. The lowest BCUT2D eigenvalue weighted by Crippen LogP contribution is -2.03. The summed E-state index contributed by atoms with van der Waals surface area (Å²) in [6, 6.07) is 9.73. The lowest BCUT2D eigenvalue weighted by molar-refractivity contribution is -0.139. The highest BCUT2D eigenvalue weighted by molar-refractivity contribution is 7.09. The fourth-order valence-corrected chi connectivity index (χ4v) is 2.39. The van der Waals surface area contributed by atoms with E-state index in [0.717, 1.165) is 16.9 Å². The van der Waals surface area contributed by atoms with Crippen molar-refractivity contribution in [2.45, 2.75) is 6.42 Å². The molecule has 0 bridgehead atoms. The predicted octanol–water partition coefficient (Wildman–Crippen LogP) is 2.32. The molecule has 0 saturated heterocycles. The number of benzene rings is 1. The maximum Gasteiger partial charge on any atom is 0.310 e. The molecule has 0 radical (unpaired) electrons. The number of aromatic nitrogens is 1. The minimum atomic E-state index is -0.357. The molecule has 2 aromatic rings. The number of H-pyrrole nitrogens is 1. The summed E-state index contributed by atoms with van der Waals surface area (Å²) in [4.78, 5) is 25.9. The second-order valence-corrected chi connectivity index (χ2v) is 4.92. The average Bonchev–Trinajstić information content (AvgIpc) is 2.77. The maximum absolute atomic E-state index is 11.4. The van der Waals surface area contributed by atoms with Crippen LogP contribution in [0.1, 0.15) is 16.1 Å². The molecule has 0 atom stereocenters. The molecule has 0 saturated carbocycles. The minimum Gasteiger partial charge on any atom is -0.469 e. The van der Waals surface area contributed by atoms with Gasteiger partial charge in [-0.05, 0) is 11.6 Å². The Morgan fingerprint density at radius 3 is 2.74 bits per heavy atom. The zero-order chi connectivity index (χ0) is 13.7. The monoisotopic (exact) mass is 275 g/mol. The summed E-state index contributed by atoms with van der Waals surface area (Å²) in [5.74, 6) is -0.357. The number of thiazole rings is 1. The Labute approximate surface area is 114 Å². The van der Waals surface area contributed by atoms with E-state index in [2.05, 4.69) is 9.72 Å². The van der Waals surface area contributed by atoms with Gasteiger partial charge in [-0.25, -0.2) is 0 Å². The van der Waals surface area contributed by atoms with Crippen LogP contribution < -0.4 is 4.87 Å². The molecule has 1 aromatic carbocycles. The van der Waals surface area contributed by atoms with Crippen LogP contribution in [0.15, 0.2) is 35.1 Å². The molecule has 1 aromatic heterocycles. The van der Waals surface area contributed by atoms with Gasteiger partial charge in [0.15, 0.2) is 0 Å². The van der Waals surface area contributed by atoms with E-state index in [9.17, 15) is 9.59 Å². The number of nitrogens with one attached hydrogen (secondary N) is 1. The lowest BCUT2D eigenvalue weighted by Gasteiger charge is -1.97. The molecule has 1 heterocycles. The standard InChI is InChI=1S/C14H13NO3S/c1-18-13(16)9-12-11(15-14(17)19-12)8-7-10-5-3-2-4-6-10/h2-8H,9H2,1H3,(H,15,17). The number of ether oxygens (including phenoxy) is 1. The smallest absolute Gasteiger partial charge is 0.310 e. The van der Waals surface area contributed by atoms with Gasteiger partial charge in [0, 0.05) is 4.88 Å². The highest BCUT2D eigenvalue weighted by Crippen LogP contribution is 2.14. The highest BCUT2D eigenvalue weighted by atomic mass is 32.1. The van der Waals surface area contributed by atoms with Gasteiger partial charge in [-0.1, -0.05) is 47.7 Å². The van der Waals surface area contributed by atoms with Gasteiger partial charge in [0.1, 0.15) is 0 Å². The maximum atomic E-state index is 11.4. The van der Waals surface area contributed by atoms with Gasteiger partial charge in [0.05, 0.1) is 19.2 Å². The third kappa shape index (κ3) is 3.66. The van der Waals surface area contributed by atoms with Crippen molar-refractivity contribution in [2.24, 2.45) is 0 Å². The molecule has 1 N–H and O–H groups in total. The quantitative estimate of drug-likeness (QED) is 0.871. The Morgan fingerprint density at radius 1 is 1.32 bits per heavy atom. The molecular formula is C14H13NO3S. The number of hydrogen-bond donors (Lipinski definition) is 1. The van der Waals surface area contributed by atoms with Crippen molar-refractivity contribution in [1.82, 2.24) is 4.98 Å². The summed E-state index contributed by atoms with van der Waals surface area (Å²) in [5, 5.41) is 0. The van der Waals surface area contributed by atoms with E-state index in [-0.39, 0.29) is 17.3 Å². The van der Waals surface area contributed by atoms with Crippen LogP contribution in [0.25, 0.3) is 12.2 Å². The molecule has 98 valence electrons. The van der Waals surface area contributed by atoms with Crippen LogP contribution >= 0.6 is 11.3 Å². The predicted molar refractivity (Wildman–Crippen MR) is 76.0 cm³/mol. The number of rotatable bonds is 4. The van der Waals surface area contributed by atoms with Gasteiger partial charge >= 0.3 is 10.8 Å². The van der Waals surface area contributed by atoms with Crippen molar-refractivity contribution in [2.75, 3.05) is 7.11 Å². The summed E-state index contributed by atoms with van der Waals surface area (Å²) in [6.45, 7) is 0. The first-order valence-electron chi connectivity index (χ1n) is 5.71. The van der Waals surface area contributed by atoms with Crippen molar-refractivity contribution < 1.29 is 9.53 Å². The molecule has 0 aliphatic heterocycles. The normalized spacial score (nSPS) is 10.8. The van der Waals surface area contributed by atoms with Crippen LogP contribution in [0, 0.1) is 0 Å². The number of carbonyl (C=O) groups excluding carboxylic acids is 1. The molecule has 19 heavy (non-hydrogen) atoms. The molecule has 2 rings (SSSR count). The summed E-state index contributed by atoms with van der Waals surface area (Å²) in [6.07, 6.45) is 3.79. The number of hydrogen-bond acceptors (Lipinski definition) is 4. The molecule has 4 nitrogen and oxygen atoms in total. The molecule has 0 unspecified atom stereocenters. The van der Waals surface area contributed by atoms with Gasteiger partial charge in [0.2, 0.25) is 0 Å². The van der Waals surface area contributed by atoms with E-state index < -0.39 is 0 Å². The Balaban J connectivity index is 2.23. The zero-order valence-corrected chi connectivity index (χ0v) is 11.2. The first-order valence-corrected chi connectivity index (χ1v) is 6.52. The Morgan fingerprint density at radius 2 is 2.05 bits per heavy atom. The van der Waals surface area contributed by atoms with Crippen molar-refractivity contribution in [3.63, 3.8) is 0 Å². The number of aromatic amines is 1. The van der Waals surface area contributed by atoms with Crippen LogP contribution in [0.5, 0.6) is 0 Å². The van der Waals surface area contributed by atoms with Crippen molar-refractivity contribution in [1.29, 1.82) is 0 Å². The molecule has 5 heteroatoms. The molecule has 0 aliphatic rings. The minimum absolute atomic E-state index is 0.106. The average molecular weight is 275 g/mol. The van der Waals surface area contributed by atoms with Crippen LogP contribution in [0.3, 0.4) is 0 Å². The topological polar surface area (TPSA) is 59.2 Å². The summed E-state index contributed by atoms with van der Waals surface area (Å²) in [7, 11) is 1.33. The van der Waals surface area contributed by atoms with Gasteiger partial charge in [0.25, 0.3) is 0 Å². The van der Waals surface area contributed by atoms with Gasteiger partial charge in [-0.3, -0.25) is 9.59 Å². The second-order valence-electron chi connectivity index (χ2n) is 3.85. The number of carbonyl (C=O) groups is 1. The van der Waals surface area contributed by atoms with Crippen LogP contribution in [0.4, 0.5) is 0 Å². The third-order valence-corrected chi connectivity index (χ3v) is 3.43. The molecular weight excluding hydrogens is 262 g/mol. The van der Waals surface area contributed by atoms with Crippen LogP contribution in [0.2, 0.25) is 0 Å². The largest absolute Gasteiger partial charge is 0.469 e. The van der Waals surface area contributed by atoms with Crippen molar-refractivity contribution in [3.8, 4) is 0 Å². The third-order valence-electron chi connectivity index (χ3n) is 2.53. The molecule has 0 aliphatic carbocycles. The van der Waals surface area contributed by atoms with Gasteiger partial charge < -0.3 is 9.72 Å². The highest BCUT2D eigenvalue weighted by Gasteiger charge is 2.10. The van der Waals surface area contributed by atoms with E-state index >= 15 is 0 Å². The molecule has 0 spiro atoms. The van der Waals surface area contributed by atoms with E-state index in [1.165, 1.54) is 7.11 Å². The van der Waals surface area contributed by atoms with E-state index in [1.54, 1.807) is 6.08 Å². The van der Waals surface area contributed by atoms with E-state index in [0.29, 0.717) is 10.6 Å². The van der Waals surface area contributed by atoms with Crippen LogP contribution in [-0.4, -0.2) is 18.1 Å². The van der Waals surface area contributed by atoms with Crippen molar-refractivity contribution >= 4 is 29.5 Å². The SMILES string of the molecule is COC(=O)Cc1sc(=O)[nH]c1C=Cc1ccccc1. The van der Waals surface area contributed by atoms with E-state index in [1.807, 2.05) is 36.4 Å². The van der Waals surface area contributed by atoms with Crippen LogP contribution in [-0.2, 0) is 16.0 Å². The van der Waals surface area contributed by atoms with Gasteiger partial charge in [-0.15, -0.1) is 0 Å². The van der Waals surface area contributed by atoms with E-state index in [4.69, 9.17) is 0 Å².